The van der Waals surface area contributed by atoms with Crippen molar-refractivity contribution in [2.75, 3.05) is 6.54 Å². The molecule has 3 rings (SSSR count). The van der Waals surface area contributed by atoms with Crippen LogP contribution in [0.2, 0.25) is 0 Å². The molecule has 1 aromatic heterocycles. The second kappa shape index (κ2) is 3.08. The van der Waals surface area contributed by atoms with Crippen molar-refractivity contribution in [3.63, 3.8) is 0 Å². The SMILES string of the molecule is CC(=O)N1CCc2oc(C3CC3)nc2C1. The van der Waals surface area contributed by atoms with E-state index in [1.807, 2.05) is 4.90 Å². The summed E-state index contributed by atoms with van der Waals surface area (Å²) in [5.41, 5.74) is 0.971. The highest BCUT2D eigenvalue weighted by Crippen LogP contribution is 2.40. The van der Waals surface area contributed by atoms with Crippen molar-refractivity contribution in [2.24, 2.45) is 0 Å². The number of carbonyl (C=O) groups is 1. The predicted molar refractivity (Wildman–Crippen MR) is 53.3 cm³/mol. The van der Waals surface area contributed by atoms with Crippen molar-refractivity contribution in [3.05, 3.63) is 17.3 Å². The first kappa shape index (κ1) is 8.95. The van der Waals surface area contributed by atoms with Crippen LogP contribution in [0.5, 0.6) is 0 Å². The molecule has 0 bridgehead atoms. The molecule has 0 aromatic carbocycles. The van der Waals surface area contributed by atoms with Gasteiger partial charge in [0.2, 0.25) is 5.91 Å². The molecule has 2 aliphatic rings. The molecule has 1 saturated carbocycles. The zero-order valence-corrected chi connectivity index (χ0v) is 8.82. The summed E-state index contributed by atoms with van der Waals surface area (Å²) in [6.45, 7) is 3.00. The lowest BCUT2D eigenvalue weighted by atomic mass is 10.2. The van der Waals surface area contributed by atoms with Crippen LogP contribution >= 0.6 is 0 Å². The van der Waals surface area contributed by atoms with Crippen molar-refractivity contribution in [1.82, 2.24) is 9.88 Å². The Morgan fingerprint density at radius 1 is 1.53 bits per heavy atom. The van der Waals surface area contributed by atoms with Crippen LogP contribution in [0, 0.1) is 0 Å². The van der Waals surface area contributed by atoms with E-state index in [1.54, 1.807) is 6.92 Å². The molecule has 0 atom stereocenters. The molecular weight excluding hydrogens is 192 g/mol. The molecule has 0 spiro atoms. The van der Waals surface area contributed by atoms with Crippen molar-refractivity contribution in [2.45, 2.75) is 38.6 Å². The highest BCUT2D eigenvalue weighted by atomic mass is 16.4. The van der Waals surface area contributed by atoms with Crippen LogP contribution in [0.15, 0.2) is 4.42 Å². The van der Waals surface area contributed by atoms with Crippen molar-refractivity contribution in [3.8, 4) is 0 Å². The van der Waals surface area contributed by atoms with E-state index in [4.69, 9.17) is 4.42 Å². The highest BCUT2D eigenvalue weighted by Gasteiger charge is 2.32. The van der Waals surface area contributed by atoms with E-state index >= 15 is 0 Å². The topological polar surface area (TPSA) is 46.3 Å². The number of amides is 1. The molecule has 4 heteroatoms. The summed E-state index contributed by atoms with van der Waals surface area (Å²) in [7, 11) is 0. The molecule has 1 amide bonds. The maximum Gasteiger partial charge on any atom is 0.219 e. The van der Waals surface area contributed by atoms with E-state index in [0.717, 1.165) is 30.3 Å². The number of hydrogen-bond donors (Lipinski definition) is 0. The summed E-state index contributed by atoms with van der Waals surface area (Å²) in [5.74, 6) is 2.57. The first-order valence-electron chi connectivity index (χ1n) is 5.48. The number of oxazole rings is 1. The van der Waals surface area contributed by atoms with Gasteiger partial charge < -0.3 is 9.32 Å². The van der Waals surface area contributed by atoms with E-state index in [0.29, 0.717) is 12.5 Å². The summed E-state index contributed by atoms with van der Waals surface area (Å²) in [6.07, 6.45) is 3.22. The van der Waals surface area contributed by atoms with Crippen molar-refractivity contribution < 1.29 is 9.21 Å². The second-order valence-electron chi connectivity index (χ2n) is 4.39. The molecule has 1 aliphatic carbocycles. The average Bonchev–Trinajstić information content (AvgIpc) is 2.97. The first-order chi connectivity index (χ1) is 7.24. The largest absolute Gasteiger partial charge is 0.445 e. The minimum atomic E-state index is 0.122. The Labute approximate surface area is 88.3 Å². The Morgan fingerprint density at radius 2 is 2.33 bits per heavy atom. The lowest BCUT2D eigenvalue weighted by Gasteiger charge is -2.23. The minimum Gasteiger partial charge on any atom is -0.445 e. The third-order valence-corrected chi connectivity index (χ3v) is 3.12. The van der Waals surface area contributed by atoms with Gasteiger partial charge >= 0.3 is 0 Å². The zero-order valence-electron chi connectivity index (χ0n) is 8.82. The first-order valence-corrected chi connectivity index (χ1v) is 5.48. The molecule has 80 valence electrons. The molecule has 2 heterocycles. The highest BCUT2D eigenvalue weighted by molar-refractivity contribution is 5.73. The van der Waals surface area contributed by atoms with Gasteiger partial charge in [0.15, 0.2) is 5.89 Å². The molecule has 0 N–H and O–H groups in total. The van der Waals surface area contributed by atoms with Crippen LogP contribution < -0.4 is 0 Å². The standard InChI is InChI=1S/C11H14N2O2/c1-7(14)13-5-4-10-9(6-13)12-11(15-10)8-2-3-8/h8H,2-6H2,1H3. The van der Waals surface area contributed by atoms with Crippen LogP contribution in [0.1, 0.15) is 43.0 Å². The van der Waals surface area contributed by atoms with Gasteiger partial charge in [0.1, 0.15) is 11.5 Å². The predicted octanol–water partition coefficient (Wildman–Crippen LogP) is 1.46. The number of nitrogens with zero attached hydrogens (tertiary/aromatic N) is 2. The molecule has 1 aliphatic heterocycles. The molecule has 1 fully saturated rings. The van der Waals surface area contributed by atoms with E-state index in [1.165, 1.54) is 12.8 Å². The van der Waals surface area contributed by atoms with Crippen LogP contribution in [0.25, 0.3) is 0 Å². The number of rotatable bonds is 1. The van der Waals surface area contributed by atoms with Gasteiger partial charge in [-0.2, -0.15) is 0 Å². The molecule has 0 saturated heterocycles. The summed E-state index contributed by atoms with van der Waals surface area (Å²) in [6, 6.07) is 0. The van der Waals surface area contributed by atoms with Gasteiger partial charge in [-0.25, -0.2) is 4.98 Å². The monoisotopic (exact) mass is 206 g/mol. The summed E-state index contributed by atoms with van der Waals surface area (Å²) in [5, 5.41) is 0. The van der Waals surface area contributed by atoms with Gasteiger partial charge in [0.25, 0.3) is 0 Å². The normalized spacial score (nSPS) is 20.2. The number of hydrogen-bond acceptors (Lipinski definition) is 3. The van der Waals surface area contributed by atoms with Gasteiger partial charge in [-0.1, -0.05) is 0 Å². The fraction of sp³-hybridized carbons (Fsp3) is 0.636. The van der Waals surface area contributed by atoms with E-state index in [9.17, 15) is 4.79 Å². The third kappa shape index (κ3) is 1.54. The minimum absolute atomic E-state index is 0.122. The van der Waals surface area contributed by atoms with Gasteiger partial charge in [0.05, 0.1) is 6.54 Å². The number of carbonyl (C=O) groups excluding carboxylic acids is 1. The Bertz CT molecular complexity index is 407. The Hall–Kier alpha value is -1.32. The maximum absolute atomic E-state index is 11.2. The lowest BCUT2D eigenvalue weighted by Crippen LogP contribution is -2.33. The molecule has 0 radical (unpaired) electrons. The van der Waals surface area contributed by atoms with Gasteiger partial charge in [-0.05, 0) is 12.8 Å². The molecule has 1 aromatic rings. The van der Waals surface area contributed by atoms with Crippen LogP contribution in [0.3, 0.4) is 0 Å². The van der Waals surface area contributed by atoms with Crippen LogP contribution in [-0.2, 0) is 17.8 Å². The molecule has 0 unspecified atom stereocenters. The molecular formula is C11H14N2O2. The Morgan fingerprint density at radius 3 is 3.00 bits per heavy atom. The Balaban J connectivity index is 1.85. The fourth-order valence-electron chi connectivity index (χ4n) is 1.99. The van der Waals surface area contributed by atoms with Crippen molar-refractivity contribution >= 4 is 5.91 Å². The number of fused-ring (bicyclic) bond motifs is 1. The second-order valence-corrected chi connectivity index (χ2v) is 4.39. The summed E-state index contributed by atoms with van der Waals surface area (Å²) < 4.78 is 5.71. The van der Waals surface area contributed by atoms with E-state index in [-0.39, 0.29) is 5.91 Å². The van der Waals surface area contributed by atoms with Crippen LogP contribution in [0.4, 0.5) is 0 Å². The average molecular weight is 206 g/mol. The zero-order chi connectivity index (χ0) is 10.4. The van der Waals surface area contributed by atoms with E-state index < -0.39 is 0 Å². The Kier molecular flexibility index (Phi) is 1.84. The fourth-order valence-corrected chi connectivity index (χ4v) is 1.99. The van der Waals surface area contributed by atoms with Gasteiger partial charge in [-0.3, -0.25) is 4.79 Å². The number of aromatic nitrogens is 1. The van der Waals surface area contributed by atoms with Crippen LogP contribution in [-0.4, -0.2) is 22.3 Å². The molecule has 15 heavy (non-hydrogen) atoms. The smallest absolute Gasteiger partial charge is 0.219 e. The molecule has 4 nitrogen and oxygen atoms in total. The summed E-state index contributed by atoms with van der Waals surface area (Å²) in [4.78, 5) is 17.5. The quantitative estimate of drug-likeness (QED) is 0.698. The summed E-state index contributed by atoms with van der Waals surface area (Å²) >= 11 is 0. The maximum atomic E-state index is 11.2. The van der Waals surface area contributed by atoms with Crippen molar-refractivity contribution in [1.29, 1.82) is 0 Å². The van der Waals surface area contributed by atoms with Gasteiger partial charge in [-0.15, -0.1) is 0 Å². The van der Waals surface area contributed by atoms with Gasteiger partial charge in [0, 0.05) is 25.8 Å². The lowest BCUT2D eigenvalue weighted by molar-refractivity contribution is -0.129. The van der Waals surface area contributed by atoms with E-state index in [2.05, 4.69) is 4.98 Å². The third-order valence-electron chi connectivity index (χ3n) is 3.12.